The van der Waals surface area contributed by atoms with Crippen molar-refractivity contribution in [1.29, 1.82) is 0 Å². The lowest BCUT2D eigenvalue weighted by Gasteiger charge is -2.17. The summed E-state index contributed by atoms with van der Waals surface area (Å²) < 4.78 is 11.3. The fraction of sp³-hybridized carbons (Fsp3) is 0.217. The third-order valence-corrected chi connectivity index (χ3v) is 5.07. The van der Waals surface area contributed by atoms with E-state index in [0.717, 1.165) is 11.1 Å². The van der Waals surface area contributed by atoms with Crippen molar-refractivity contribution in [1.82, 2.24) is 10.6 Å². The summed E-state index contributed by atoms with van der Waals surface area (Å²) in [5, 5.41) is 7.62. The molecule has 1 saturated heterocycles. The van der Waals surface area contributed by atoms with Gasteiger partial charge >= 0.3 is 0 Å². The van der Waals surface area contributed by atoms with Crippen LogP contribution in [-0.2, 0) is 14.4 Å². The van der Waals surface area contributed by atoms with Gasteiger partial charge in [0.05, 0.1) is 11.6 Å². The molecule has 1 fully saturated rings. The van der Waals surface area contributed by atoms with Gasteiger partial charge in [0.15, 0.2) is 23.2 Å². The second-order valence-corrected chi connectivity index (χ2v) is 8.03. The fourth-order valence-electron chi connectivity index (χ4n) is 3.13. The zero-order valence-electron chi connectivity index (χ0n) is 18.2. The van der Waals surface area contributed by atoms with E-state index in [1.807, 2.05) is 32.0 Å². The van der Waals surface area contributed by atoms with Crippen LogP contribution >= 0.6 is 23.8 Å². The number of benzene rings is 2. The van der Waals surface area contributed by atoms with Crippen molar-refractivity contribution in [3.63, 3.8) is 0 Å². The van der Waals surface area contributed by atoms with Crippen molar-refractivity contribution >= 4 is 58.4 Å². The van der Waals surface area contributed by atoms with E-state index in [1.165, 1.54) is 12.1 Å². The first-order valence-electron chi connectivity index (χ1n) is 10.0. The summed E-state index contributed by atoms with van der Waals surface area (Å²) >= 11 is 11.2. The van der Waals surface area contributed by atoms with Crippen LogP contribution in [0.4, 0.5) is 5.69 Å². The van der Waals surface area contributed by atoms with Gasteiger partial charge in [-0.2, -0.15) is 0 Å². The van der Waals surface area contributed by atoms with Gasteiger partial charge in [-0.1, -0.05) is 29.3 Å². The number of hydrogen-bond acceptors (Lipinski definition) is 6. The molecule has 0 spiro atoms. The minimum Gasteiger partial charge on any atom is -0.490 e. The van der Waals surface area contributed by atoms with E-state index < -0.39 is 11.8 Å². The Kier molecular flexibility index (Phi) is 7.67. The van der Waals surface area contributed by atoms with Crippen LogP contribution in [0.25, 0.3) is 6.08 Å². The Morgan fingerprint density at radius 3 is 2.45 bits per heavy atom. The number of carbonyl (C=O) groups excluding carboxylic acids is 3. The molecule has 1 aliphatic rings. The number of thiocarbonyl (C=S) groups is 1. The predicted octanol–water partition coefficient (Wildman–Crippen LogP) is 3.29. The van der Waals surface area contributed by atoms with Gasteiger partial charge in [0.25, 0.3) is 17.7 Å². The number of aryl methyl sites for hydroxylation is 2. The molecule has 0 aliphatic carbocycles. The third-order valence-electron chi connectivity index (χ3n) is 4.59. The van der Waals surface area contributed by atoms with Crippen molar-refractivity contribution in [2.45, 2.75) is 20.8 Å². The average molecular weight is 488 g/mol. The lowest BCUT2D eigenvalue weighted by atomic mass is 10.1. The Balaban J connectivity index is 1.79. The van der Waals surface area contributed by atoms with E-state index in [9.17, 15) is 14.4 Å². The number of ether oxygens (including phenoxy) is 2. The Morgan fingerprint density at radius 2 is 1.82 bits per heavy atom. The van der Waals surface area contributed by atoms with Crippen LogP contribution in [0.1, 0.15) is 23.6 Å². The molecule has 0 atom stereocenters. The third kappa shape index (κ3) is 6.09. The summed E-state index contributed by atoms with van der Waals surface area (Å²) in [7, 11) is 0. The normalized spacial score (nSPS) is 13.2. The first-order valence-corrected chi connectivity index (χ1v) is 10.8. The highest BCUT2D eigenvalue weighted by Crippen LogP contribution is 2.37. The molecule has 0 saturated carbocycles. The van der Waals surface area contributed by atoms with Crippen molar-refractivity contribution in [3.8, 4) is 11.5 Å². The van der Waals surface area contributed by atoms with Gasteiger partial charge < -0.3 is 14.8 Å². The van der Waals surface area contributed by atoms with E-state index in [-0.39, 0.29) is 39.7 Å². The average Bonchev–Trinajstić information content (AvgIpc) is 2.72. The monoisotopic (exact) mass is 487 g/mol. The number of hydrogen-bond donors (Lipinski definition) is 3. The Hall–Kier alpha value is -3.43. The van der Waals surface area contributed by atoms with E-state index >= 15 is 0 Å². The fourth-order valence-corrected chi connectivity index (χ4v) is 3.58. The quantitative estimate of drug-likeness (QED) is 0.314. The van der Waals surface area contributed by atoms with Crippen LogP contribution in [0, 0.1) is 13.8 Å². The summed E-state index contributed by atoms with van der Waals surface area (Å²) in [4.78, 5) is 36.6. The van der Waals surface area contributed by atoms with Crippen LogP contribution in [0.2, 0.25) is 5.02 Å². The number of amides is 3. The summed E-state index contributed by atoms with van der Waals surface area (Å²) in [6, 6.07) is 8.76. The van der Waals surface area contributed by atoms with Crippen LogP contribution in [-0.4, -0.2) is 36.0 Å². The van der Waals surface area contributed by atoms with E-state index in [4.69, 9.17) is 33.3 Å². The van der Waals surface area contributed by atoms with Gasteiger partial charge in [-0.25, -0.2) is 0 Å². The molecule has 0 unspecified atom stereocenters. The molecule has 1 aliphatic heterocycles. The highest BCUT2D eigenvalue weighted by atomic mass is 35.5. The van der Waals surface area contributed by atoms with Crippen LogP contribution in [0.3, 0.4) is 0 Å². The Labute approximate surface area is 201 Å². The number of carbonyl (C=O) groups is 3. The Morgan fingerprint density at radius 1 is 1.12 bits per heavy atom. The molecule has 3 amide bonds. The number of anilines is 1. The smallest absolute Gasteiger partial charge is 0.263 e. The highest BCUT2D eigenvalue weighted by molar-refractivity contribution is 7.80. The van der Waals surface area contributed by atoms with Gasteiger partial charge in [0, 0.05) is 5.69 Å². The van der Waals surface area contributed by atoms with E-state index in [1.54, 1.807) is 13.0 Å². The lowest BCUT2D eigenvalue weighted by Crippen LogP contribution is -2.51. The lowest BCUT2D eigenvalue weighted by molar-refractivity contribution is -0.123. The zero-order valence-corrected chi connectivity index (χ0v) is 19.8. The highest BCUT2D eigenvalue weighted by Gasteiger charge is 2.26. The van der Waals surface area contributed by atoms with E-state index in [0.29, 0.717) is 17.9 Å². The molecule has 3 rings (SSSR count). The molecule has 2 aromatic carbocycles. The summed E-state index contributed by atoms with van der Waals surface area (Å²) in [6.07, 6.45) is 1.36. The largest absolute Gasteiger partial charge is 0.490 e. The predicted molar refractivity (Wildman–Crippen MR) is 130 cm³/mol. The molecule has 10 heteroatoms. The molecule has 0 radical (unpaired) electrons. The molecule has 33 heavy (non-hydrogen) atoms. The standard InChI is InChI=1S/C23H22ClN3O5S/c1-4-31-18-10-14(8-15-21(29)26-23(33)27-22(15)30)9-16(24)20(18)32-11-19(28)25-17-6-5-12(2)7-13(17)3/h5-10H,4,11H2,1-3H3,(H,25,28)(H2,26,27,29,30,33). The van der Waals surface area contributed by atoms with Gasteiger partial charge in [0.2, 0.25) is 0 Å². The molecule has 2 aromatic rings. The second-order valence-electron chi connectivity index (χ2n) is 7.21. The molecular formula is C23H22ClN3O5S. The summed E-state index contributed by atoms with van der Waals surface area (Å²) in [5.74, 6) is -1.17. The molecule has 1 heterocycles. The molecule has 3 N–H and O–H groups in total. The minimum absolute atomic E-state index is 0.0574. The molecule has 172 valence electrons. The first kappa shape index (κ1) is 24.2. The van der Waals surface area contributed by atoms with Gasteiger partial charge in [-0.05, 0) is 68.4 Å². The van der Waals surface area contributed by atoms with Crippen molar-refractivity contribution in [2.75, 3.05) is 18.5 Å². The first-order chi connectivity index (χ1) is 15.7. The maximum absolute atomic E-state index is 12.4. The van der Waals surface area contributed by atoms with E-state index in [2.05, 4.69) is 16.0 Å². The molecule has 8 nitrogen and oxygen atoms in total. The van der Waals surface area contributed by atoms with Gasteiger partial charge in [-0.15, -0.1) is 0 Å². The number of nitrogens with one attached hydrogen (secondary N) is 3. The van der Waals surface area contributed by atoms with Crippen molar-refractivity contribution in [2.24, 2.45) is 0 Å². The molecule has 0 aromatic heterocycles. The van der Waals surface area contributed by atoms with Crippen LogP contribution in [0.5, 0.6) is 11.5 Å². The second kappa shape index (κ2) is 10.5. The topological polar surface area (TPSA) is 106 Å². The summed E-state index contributed by atoms with van der Waals surface area (Å²) in [5.41, 5.74) is 3.02. The maximum atomic E-state index is 12.4. The zero-order chi connectivity index (χ0) is 24.1. The Bertz CT molecular complexity index is 1160. The molecule has 0 bridgehead atoms. The maximum Gasteiger partial charge on any atom is 0.263 e. The van der Waals surface area contributed by atoms with Crippen LogP contribution < -0.4 is 25.4 Å². The van der Waals surface area contributed by atoms with Gasteiger partial charge in [0.1, 0.15) is 5.57 Å². The number of rotatable bonds is 7. The molecular weight excluding hydrogens is 466 g/mol. The summed E-state index contributed by atoms with van der Waals surface area (Å²) in [6.45, 7) is 5.66. The van der Waals surface area contributed by atoms with Crippen molar-refractivity contribution < 1.29 is 23.9 Å². The van der Waals surface area contributed by atoms with Gasteiger partial charge in [-0.3, -0.25) is 25.0 Å². The van der Waals surface area contributed by atoms with Crippen LogP contribution in [0.15, 0.2) is 35.9 Å². The van der Waals surface area contributed by atoms with Crippen molar-refractivity contribution in [3.05, 3.63) is 57.6 Å². The minimum atomic E-state index is -0.624. The SMILES string of the molecule is CCOc1cc(C=C2C(=O)NC(=S)NC2=O)cc(Cl)c1OCC(=O)Nc1ccc(C)cc1C. The number of halogens is 1.